The van der Waals surface area contributed by atoms with Crippen molar-refractivity contribution in [1.82, 2.24) is 24.6 Å². The summed E-state index contributed by atoms with van der Waals surface area (Å²) in [4.78, 5) is 33.2. The largest absolute Gasteiger partial charge is 0.494 e. The number of anilines is 1. The zero-order valence-corrected chi connectivity index (χ0v) is 21.5. The number of carbonyl (C=O) groups is 2. The number of aromatic nitrogens is 3. The number of nitrogens with one attached hydrogen (secondary N) is 1. The van der Waals surface area contributed by atoms with E-state index >= 15 is 0 Å². The van der Waals surface area contributed by atoms with Crippen LogP contribution in [0.15, 0.2) is 36.5 Å². The van der Waals surface area contributed by atoms with E-state index in [-0.39, 0.29) is 42.0 Å². The van der Waals surface area contributed by atoms with Crippen LogP contribution >= 0.6 is 12.4 Å². The van der Waals surface area contributed by atoms with Crippen LogP contribution in [0.2, 0.25) is 0 Å². The van der Waals surface area contributed by atoms with E-state index in [4.69, 9.17) is 4.74 Å². The molecule has 2 fully saturated rings. The Morgan fingerprint density at radius 3 is 2.53 bits per heavy atom. The van der Waals surface area contributed by atoms with Crippen LogP contribution in [0.5, 0.6) is 5.75 Å². The zero-order valence-electron chi connectivity index (χ0n) is 20.7. The highest BCUT2D eigenvalue weighted by Crippen LogP contribution is 2.32. The maximum Gasteiger partial charge on any atom is 0.433 e. The van der Waals surface area contributed by atoms with Crippen LogP contribution in [0.4, 0.5) is 18.9 Å². The highest BCUT2D eigenvalue weighted by molar-refractivity contribution is 6.05. The van der Waals surface area contributed by atoms with E-state index in [1.165, 1.54) is 26.0 Å². The maximum atomic E-state index is 13.0. The van der Waals surface area contributed by atoms with E-state index in [0.29, 0.717) is 24.0 Å². The first-order valence-corrected chi connectivity index (χ1v) is 12.1. The average Bonchev–Trinajstić information content (AvgIpc) is 3.60. The van der Waals surface area contributed by atoms with E-state index in [1.54, 1.807) is 23.0 Å². The van der Waals surface area contributed by atoms with Crippen LogP contribution in [-0.4, -0.2) is 76.2 Å². The second-order valence-electron chi connectivity index (χ2n) is 9.42. The Morgan fingerprint density at radius 2 is 1.87 bits per heavy atom. The van der Waals surface area contributed by atoms with Crippen LogP contribution in [-0.2, 0) is 17.5 Å². The molecule has 204 valence electrons. The van der Waals surface area contributed by atoms with Crippen molar-refractivity contribution in [3.63, 3.8) is 0 Å². The van der Waals surface area contributed by atoms with Gasteiger partial charge in [0, 0.05) is 50.4 Å². The third kappa shape index (κ3) is 6.36. The number of pyridine rings is 1. The van der Waals surface area contributed by atoms with Crippen molar-refractivity contribution in [1.29, 1.82) is 0 Å². The summed E-state index contributed by atoms with van der Waals surface area (Å²) < 4.78 is 45.8. The van der Waals surface area contributed by atoms with Gasteiger partial charge in [-0.15, -0.1) is 12.4 Å². The van der Waals surface area contributed by atoms with Gasteiger partial charge in [0.2, 0.25) is 5.91 Å². The molecule has 2 aliphatic rings. The molecular weight excluding hydrogens is 525 g/mol. The number of halogens is 4. The van der Waals surface area contributed by atoms with Gasteiger partial charge in [-0.1, -0.05) is 6.07 Å². The maximum absolute atomic E-state index is 13.0. The highest BCUT2D eigenvalue weighted by atomic mass is 35.5. The van der Waals surface area contributed by atoms with Gasteiger partial charge in [0.05, 0.1) is 18.3 Å². The summed E-state index contributed by atoms with van der Waals surface area (Å²) in [7, 11) is 1.41. The Bertz CT molecular complexity index is 1320. The minimum absolute atomic E-state index is 0. The molecule has 0 bridgehead atoms. The van der Waals surface area contributed by atoms with Crippen molar-refractivity contribution in [3.8, 4) is 5.75 Å². The van der Waals surface area contributed by atoms with Crippen LogP contribution in [0.3, 0.4) is 0 Å². The average molecular weight is 553 g/mol. The monoisotopic (exact) mass is 552 g/mol. The molecule has 0 unspecified atom stereocenters. The van der Waals surface area contributed by atoms with Crippen molar-refractivity contribution in [3.05, 3.63) is 47.9 Å². The second kappa shape index (κ2) is 11.2. The first kappa shape index (κ1) is 27.6. The molecule has 3 aromatic rings. The molecule has 1 aliphatic heterocycles. The van der Waals surface area contributed by atoms with Gasteiger partial charge in [-0.3, -0.25) is 19.2 Å². The topological polar surface area (TPSA) is 92.6 Å². The molecule has 1 aliphatic carbocycles. The summed E-state index contributed by atoms with van der Waals surface area (Å²) in [6, 6.07) is 6.32. The number of nitrogens with zero attached hydrogens (tertiary/aromatic N) is 5. The molecule has 13 heteroatoms. The Morgan fingerprint density at radius 1 is 1.13 bits per heavy atom. The predicted octanol–water partition coefficient (Wildman–Crippen LogP) is 3.69. The second-order valence-corrected chi connectivity index (χ2v) is 9.42. The summed E-state index contributed by atoms with van der Waals surface area (Å²) in [5, 5.41) is 7.66. The molecule has 0 radical (unpaired) electrons. The van der Waals surface area contributed by atoms with Crippen molar-refractivity contribution in [2.24, 2.45) is 5.92 Å². The number of hydrogen-bond donors (Lipinski definition) is 1. The lowest BCUT2D eigenvalue weighted by Gasteiger charge is -2.34. The number of carbonyl (C=O) groups excluding carboxylic acids is 2. The van der Waals surface area contributed by atoms with Crippen LogP contribution in [0, 0.1) is 5.92 Å². The van der Waals surface area contributed by atoms with Crippen LogP contribution in [0.1, 0.15) is 29.0 Å². The molecule has 3 heterocycles. The normalized spacial score (nSPS) is 16.3. The molecule has 1 saturated heterocycles. The van der Waals surface area contributed by atoms with E-state index in [2.05, 4.69) is 20.3 Å². The number of hydrogen-bond acceptors (Lipinski definition) is 6. The smallest absolute Gasteiger partial charge is 0.433 e. The molecule has 38 heavy (non-hydrogen) atoms. The van der Waals surface area contributed by atoms with Crippen LogP contribution in [0.25, 0.3) is 10.9 Å². The zero-order chi connectivity index (χ0) is 26.2. The van der Waals surface area contributed by atoms with Gasteiger partial charge in [0.1, 0.15) is 23.7 Å². The number of ether oxygens (including phenoxy) is 1. The molecule has 2 amide bonds. The van der Waals surface area contributed by atoms with Gasteiger partial charge in [-0.25, -0.2) is 4.98 Å². The minimum atomic E-state index is -4.66. The van der Waals surface area contributed by atoms with Crippen molar-refractivity contribution in [2.75, 3.05) is 45.2 Å². The number of alkyl halides is 3. The first-order valence-electron chi connectivity index (χ1n) is 12.1. The Balaban J connectivity index is 0.00000336. The summed E-state index contributed by atoms with van der Waals surface area (Å²) in [6.07, 6.45) is -0.355. The number of piperazine rings is 1. The highest BCUT2D eigenvalue weighted by Gasteiger charge is 2.33. The van der Waals surface area contributed by atoms with Gasteiger partial charge in [0.15, 0.2) is 0 Å². The lowest BCUT2D eigenvalue weighted by atomic mass is 10.2. The fraction of sp³-hybridized carbons (Fsp3) is 0.440. The van der Waals surface area contributed by atoms with E-state index in [0.717, 1.165) is 37.7 Å². The summed E-state index contributed by atoms with van der Waals surface area (Å²) in [5.74, 6) is 0.269. The molecule has 1 aromatic carbocycles. The van der Waals surface area contributed by atoms with Crippen molar-refractivity contribution in [2.45, 2.75) is 25.6 Å². The Kier molecular flexibility index (Phi) is 8.12. The molecule has 2 aromatic heterocycles. The summed E-state index contributed by atoms with van der Waals surface area (Å²) >= 11 is 0. The van der Waals surface area contributed by atoms with Gasteiger partial charge in [-0.2, -0.15) is 18.3 Å². The number of fused-ring (bicyclic) bond motifs is 1. The summed E-state index contributed by atoms with van der Waals surface area (Å²) in [6.45, 7) is 4.35. The standard InChI is InChI=1S/C25H27F3N6O3.ClH/c1-37-21-12-19-17(11-20(21)30-24(36)18-3-2-4-22(29-18)25(26,27)28)14-34(31-19)15-23(35)33-9-7-32(8-10-33)13-16-5-6-16;/h2-4,11-12,14,16H,5-10,13,15H2,1H3,(H,30,36);1H. The Hall–Kier alpha value is -3.38. The van der Waals surface area contributed by atoms with Gasteiger partial charge in [-0.05, 0) is 37.0 Å². The lowest BCUT2D eigenvalue weighted by molar-refractivity contribution is -0.141. The van der Waals surface area contributed by atoms with Gasteiger partial charge in [0.25, 0.3) is 5.91 Å². The number of benzene rings is 1. The molecule has 9 nitrogen and oxygen atoms in total. The Labute approximate surface area is 223 Å². The summed E-state index contributed by atoms with van der Waals surface area (Å²) in [5.41, 5.74) is -0.737. The molecule has 1 saturated carbocycles. The molecule has 1 N–H and O–H groups in total. The van der Waals surface area contributed by atoms with E-state index < -0.39 is 17.8 Å². The van der Waals surface area contributed by atoms with Crippen LogP contribution < -0.4 is 10.1 Å². The number of methoxy groups -OCH3 is 1. The van der Waals surface area contributed by atoms with Gasteiger partial charge >= 0.3 is 6.18 Å². The minimum Gasteiger partial charge on any atom is -0.494 e. The van der Waals surface area contributed by atoms with Crippen molar-refractivity contribution < 1.29 is 27.5 Å². The van der Waals surface area contributed by atoms with E-state index in [9.17, 15) is 22.8 Å². The third-order valence-electron chi connectivity index (χ3n) is 6.63. The number of amides is 2. The molecule has 5 rings (SSSR count). The fourth-order valence-electron chi connectivity index (χ4n) is 4.44. The van der Waals surface area contributed by atoms with Gasteiger partial charge < -0.3 is 15.0 Å². The molecule has 0 spiro atoms. The number of rotatable bonds is 7. The quantitative estimate of drug-likeness (QED) is 0.481. The van der Waals surface area contributed by atoms with E-state index in [1.807, 2.05) is 4.90 Å². The molecule has 0 atom stereocenters. The lowest BCUT2D eigenvalue weighted by Crippen LogP contribution is -2.49. The predicted molar refractivity (Wildman–Crippen MR) is 136 cm³/mol. The molecular formula is C25H28ClF3N6O3. The SMILES string of the molecule is COc1cc2nn(CC(=O)N3CCN(CC4CC4)CC3)cc2cc1NC(=O)c1cccc(C(F)(F)F)n1.Cl. The fourth-order valence-corrected chi connectivity index (χ4v) is 4.44. The van der Waals surface area contributed by atoms with Crippen molar-refractivity contribution >= 4 is 40.8 Å². The third-order valence-corrected chi connectivity index (χ3v) is 6.63. The first-order chi connectivity index (χ1) is 17.7.